The molecule has 2 heterocycles. The SMILES string of the molecule is CON(C)C(=O)/C=C1/C(=O)N2C(C(=O)[O-])=C(COC(C)=O)CS[C@H]12.[Na+]. The summed E-state index contributed by atoms with van der Waals surface area (Å²) in [7, 11) is 2.69. The molecule has 9 nitrogen and oxygen atoms in total. The molecular formula is C14H15N2NaO7S. The third-order valence-electron chi connectivity index (χ3n) is 3.46. The smallest absolute Gasteiger partial charge is 0.543 e. The Balaban J connectivity index is 0.00000312. The summed E-state index contributed by atoms with van der Waals surface area (Å²) in [5.74, 6) is -3.00. The van der Waals surface area contributed by atoms with Crippen molar-refractivity contribution in [2.45, 2.75) is 12.3 Å². The van der Waals surface area contributed by atoms with Gasteiger partial charge in [0, 0.05) is 31.4 Å². The van der Waals surface area contributed by atoms with Crippen molar-refractivity contribution in [1.29, 1.82) is 0 Å². The van der Waals surface area contributed by atoms with Crippen LogP contribution in [0.15, 0.2) is 22.9 Å². The largest absolute Gasteiger partial charge is 1.00 e. The molecule has 1 atom stereocenters. The summed E-state index contributed by atoms with van der Waals surface area (Å²) in [5, 5.41) is 11.7. The number of hydroxylamine groups is 2. The Labute approximate surface area is 170 Å². The van der Waals surface area contributed by atoms with E-state index in [4.69, 9.17) is 9.57 Å². The predicted octanol–water partition coefficient (Wildman–Crippen LogP) is -4.58. The van der Waals surface area contributed by atoms with Crippen molar-refractivity contribution in [2.24, 2.45) is 0 Å². The molecule has 0 bridgehead atoms. The molecule has 0 unspecified atom stereocenters. The number of hydrogen-bond acceptors (Lipinski definition) is 8. The Kier molecular flexibility index (Phi) is 7.69. The first kappa shape index (κ1) is 21.7. The molecule has 0 saturated carbocycles. The van der Waals surface area contributed by atoms with Crippen molar-refractivity contribution in [3.05, 3.63) is 22.9 Å². The second-order valence-corrected chi connectivity index (χ2v) is 6.04. The van der Waals surface area contributed by atoms with E-state index in [-0.39, 0.29) is 58.8 Å². The van der Waals surface area contributed by atoms with E-state index in [0.717, 1.165) is 16.0 Å². The number of amides is 2. The topological polar surface area (TPSA) is 116 Å². The predicted molar refractivity (Wildman–Crippen MR) is 79.6 cm³/mol. The molecule has 0 spiro atoms. The van der Waals surface area contributed by atoms with Gasteiger partial charge < -0.3 is 14.6 Å². The van der Waals surface area contributed by atoms with Crippen molar-refractivity contribution in [3.8, 4) is 0 Å². The number of hydrogen-bond donors (Lipinski definition) is 0. The van der Waals surface area contributed by atoms with Crippen LogP contribution < -0.4 is 34.7 Å². The van der Waals surface area contributed by atoms with Gasteiger partial charge in [-0.05, 0) is 0 Å². The molecule has 1 saturated heterocycles. The van der Waals surface area contributed by atoms with Gasteiger partial charge in [0.25, 0.3) is 11.8 Å². The number of rotatable bonds is 5. The number of fused-ring (bicyclic) bond motifs is 1. The van der Waals surface area contributed by atoms with Crippen LogP contribution in [0.3, 0.4) is 0 Å². The van der Waals surface area contributed by atoms with Gasteiger partial charge >= 0.3 is 35.5 Å². The number of carbonyl (C=O) groups is 4. The molecule has 130 valence electrons. The number of β-lactam (4-membered cyclic amide) rings is 1. The van der Waals surface area contributed by atoms with Crippen LogP contribution in [-0.2, 0) is 28.8 Å². The van der Waals surface area contributed by atoms with E-state index in [1.165, 1.54) is 32.8 Å². The van der Waals surface area contributed by atoms with Gasteiger partial charge in [0.2, 0.25) is 0 Å². The second-order valence-electron chi connectivity index (χ2n) is 4.98. The van der Waals surface area contributed by atoms with Gasteiger partial charge in [-0.1, -0.05) is 0 Å². The number of carboxylic acids is 1. The van der Waals surface area contributed by atoms with E-state index in [9.17, 15) is 24.3 Å². The van der Waals surface area contributed by atoms with Crippen LogP contribution in [0.5, 0.6) is 0 Å². The fraction of sp³-hybridized carbons (Fsp3) is 0.429. The molecule has 0 aromatic heterocycles. The summed E-state index contributed by atoms with van der Waals surface area (Å²) in [6.45, 7) is 0.970. The fourth-order valence-corrected chi connectivity index (χ4v) is 3.49. The van der Waals surface area contributed by atoms with Crippen LogP contribution in [0.1, 0.15) is 6.92 Å². The molecule has 2 amide bonds. The molecular weight excluding hydrogens is 363 g/mol. The quantitative estimate of drug-likeness (QED) is 0.154. The van der Waals surface area contributed by atoms with Gasteiger partial charge in [-0.2, -0.15) is 0 Å². The minimum absolute atomic E-state index is 0. The molecule has 0 N–H and O–H groups in total. The number of likely N-dealkylation sites (N-methyl/N-ethyl adjacent to an activating group) is 1. The van der Waals surface area contributed by atoms with Crippen LogP contribution in [0.2, 0.25) is 0 Å². The summed E-state index contributed by atoms with van der Waals surface area (Å²) < 4.78 is 4.81. The third-order valence-corrected chi connectivity index (χ3v) is 4.76. The van der Waals surface area contributed by atoms with Gasteiger partial charge in [0.1, 0.15) is 12.0 Å². The number of carboxylic acid groups (broad SMARTS) is 1. The Morgan fingerprint density at radius 2 is 2.08 bits per heavy atom. The maximum atomic E-state index is 12.2. The Bertz CT molecular complexity index is 676. The number of carbonyl (C=O) groups excluding carboxylic acids is 4. The molecule has 0 aromatic carbocycles. The van der Waals surface area contributed by atoms with Crippen LogP contribution in [0.25, 0.3) is 0 Å². The molecule has 11 heteroatoms. The first-order chi connectivity index (χ1) is 11.3. The zero-order valence-electron chi connectivity index (χ0n) is 14.2. The summed E-state index contributed by atoms with van der Waals surface area (Å²) in [4.78, 5) is 52.1. The van der Waals surface area contributed by atoms with Crippen molar-refractivity contribution in [1.82, 2.24) is 9.96 Å². The van der Waals surface area contributed by atoms with Gasteiger partial charge in [0.05, 0.1) is 24.3 Å². The van der Waals surface area contributed by atoms with Crippen LogP contribution in [0.4, 0.5) is 0 Å². The number of esters is 1. The number of aliphatic carboxylic acids is 1. The van der Waals surface area contributed by atoms with E-state index in [1.54, 1.807) is 0 Å². The van der Waals surface area contributed by atoms with Crippen molar-refractivity contribution in [2.75, 3.05) is 26.5 Å². The molecule has 2 rings (SSSR count). The Morgan fingerprint density at radius 3 is 2.60 bits per heavy atom. The van der Waals surface area contributed by atoms with E-state index in [0.29, 0.717) is 0 Å². The summed E-state index contributed by atoms with van der Waals surface area (Å²) in [5.41, 5.74) is 0.146. The maximum Gasteiger partial charge on any atom is 1.00 e. The van der Waals surface area contributed by atoms with E-state index in [2.05, 4.69) is 0 Å². The number of ether oxygens (including phenoxy) is 1. The average Bonchev–Trinajstić information content (AvgIpc) is 2.55. The summed E-state index contributed by atoms with van der Waals surface area (Å²) >= 11 is 1.25. The van der Waals surface area contributed by atoms with Crippen LogP contribution in [-0.4, -0.2) is 65.6 Å². The van der Waals surface area contributed by atoms with Gasteiger partial charge in [0.15, 0.2) is 0 Å². The first-order valence-electron chi connectivity index (χ1n) is 6.83. The molecule has 2 aliphatic heterocycles. The second kappa shape index (κ2) is 8.86. The van der Waals surface area contributed by atoms with Crippen molar-refractivity contribution >= 4 is 35.5 Å². The van der Waals surface area contributed by atoms with Crippen molar-refractivity contribution < 1.29 is 63.4 Å². The standard InChI is InChI=1S/C14H16N2O7S.Na/c1-7(17)23-5-8-6-24-13-9(4-10(18)15(2)22-3)12(19)16(13)11(8)14(20)21;/h4,13H,5-6H2,1-3H3,(H,20,21);/q;+1/p-1/b9-4-;/t13-;/m1./s1. The Hall–Kier alpha value is -1.33. The molecule has 2 aliphatic rings. The third kappa shape index (κ3) is 4.45. The van der Waals surface area contributed by atoms with E-state index < -0.39 is 29.1 Å². The van der Waals surface area contributed by atoms with Gasteiger partial charge in [-0.3, -0.25) is 24.1 Å². The number of nitrogens with zero attached hydrogens (tertiary/aromatic N) is 2. The monoisotopic (exact) mass is 378 g/mol. The fourth-order valence-electron chi connectivity index (χ4n) is 2.21. The molecule has 0 aromatic rings. The van der Waals surface area contributed by atoms with Crippen LogP contribution in [0, 0.1) is 0 Å². The van der Waals surface area contributed by atoms with E-state index >= 15 is 0 Å². The molecule has 0 radical (unpaired) electrons. The van der Waals surface area contributed by atoms with Crippen molar-refractivity contribution in [3.63, 3.8) is 0 Å². The zero-order valence-corrected chi connectivity index (χ0v) is 17.0. The minimum Gasteiger partial charge on any atom is -0.543 e. The first-order valence-corrected chi connectivity index (χ1v) is 7.88. The summed E-state index contributed by atoms with van der Waals surface area (Å²) in [6, 6.07) is 0. The normalized spacial score (nSPS) is 20.4. The number of thioether (sulfide) groups is 1. The Morgan fingerprint density at radius 1 is 1.44 bits per heavy atom. The van der Waals surface area contributed by atoms with Crippen LogP contribution >= 0.6 is 11.8 Å². The van der Waals surface area contributed by atoms with Gasteiger partial charge in [-0.25, -0.2) is 5.06 Å². The zero-order chi connectivity index (χ0) is 18.0. The van der Waals surface area contributed by atoms with E-state index in [1.807, 2.05) is 0 Å². The maximum absolute atomic E-state index is 12.2. The minimum atomic E-state index is -1.53. The molecule has 1 fully saturated rings. The molecule has 25 heavy (non-hydrogen) atoms. The van der Waals surface area contributed by atoms with Gasteiger partial charge in [-0.15, -0.1) is 11.8 Å². The molecule has 0 aliphatic carbocycles. The summed E-state index contributed by atoms with van der Waals surface area (Å²) in [6.07, 6.45) is 1.12. The average molecular weight is 378 g/mol.